The van der Waals surface area contributed by atoms with Crippen molar-refractivity contribution in [2.45, 2.75) is 25.8 Å². The lowest BCUT2D eigenvalue weighted by Crippen LogP contribution is -2.26. The number of aryl methyl sites for hydroxylation is 1. The fourth-order valence-corrected chi connectivity index (χ4v) is 2.36. The van der Waals surface area contributed by atoms with Gasteiger partial charge in [0.2, 0.25) is 0 Å². The van der Waals surface area contributed by atoms with Crippen LogP contribution in [0.15, 0.2) is 36.5 Å². The Morgan fingerprint density at radius 1 is 1.35 bits per heavy atom. The van der Waals surface area contributed by atoms with Crippen LogP contribution in [0, 0.1) is 0 Å². The van der Waals surface area contributed by atoms with Gasteiger partial charge in [0.1, 0.15) is 5.75 Å². The van der Waals surface area contributed by atoms with Gasteiger partial charge in [0.05, 0.1) is 18.8 Å². The molecule has 4 heteroatoms. The average Bonchev–Trinajstić information content (AvgIpc) is 2.90. The lowest BCUT2D eigenvalue weighted by molar-refractivity contribution is 0.413. The minimum Gasteiger partial charge on any atom is -0.497 e. The zero-order valence-electron chi connectivity index (χ0n) is 12.5. The second-order valence-electron chi connectivity index (χ2n) is 4.94. The van der Waals surface area contributed by atoms with Crippen molar-refractivity contribution in [1.29, 1.82) is 0 Å². The van der Waals surface area contributed by atoms with Crippen molar-refractivity contribution in [3.05, 3.63) is 47.8 Å². The van der Waals surface area contributed by atoms with Crippen LogP contribution in [0.5, 0.6) is 5.75 Å². The fraction of sp³-hybridized carbons (Fsp3) is 0.438. The van der Waals surface area contributed by atoms with Gasteiger partial charge in [-0.3, -0.25) is 4.68 Å². The number of hydrogen-bond acceptors (Lipinski definition) is 3. The van der Waals surface area contributed by atoms with Crippen molar-refractivity contribution in [2.24, 2.45) is 7.05 Å². The molecule has 1 aromatic heterocycles. The summed E-state index contributed by atoms with van der Waals surface area (Å²) in [4.78, 5) is 0. The highest BCUT2D eigenvalue weighted by Crippen LogP contribution is 2.20. The molecule has 0 amide bonds. The number of benzene rings is 1. The van der Waals surface area contributed by atoms with E-state index in [2.05, 4.69) is 35.5 Å². The van der Waals surface area contributed by atoms with Gasteiger partial charge in [-0.2, -0.15) is 5.10 Å². The monoisotopic (exact) mass is 273 g/mol. The van der Waals surface area contributed by atoms with Crippen LogP contribution < -0.4 is 10.1 Å². The maximum absolute atomic E-state index is 5.29. The maximum Gasteiger partial charge on any atom is 0.119 e. The summed E-state index contributed by atoms with van der Waals surface area (Å²) in [7, 11) is 3.69. The summed E-state index contributed by atoms with van der Waals surface area (Å²) in [6, 6.07) is 10.6. The minimum atomic E-state index is 0.273. The van der Waals surface area contributed by atoms with Gasteiger partial charge in [-0.1, -0.05) is 19.1 Å². The predicted molar refractivity (Wildman–Crippen MR) is 80.9 cm³/mol. The molecular weight excluding hydrogens is 250 g/mol. The summed E-state index contributed by atoms with van der Waals surface area (Å²) in [5, 5.41) is 7.87. The summed E-state index contributed by atoms with van der Waals surface area (Å²) >= 11 is 0. The zero-order chi connectivity index (χ0) is 14.4. The first-order valence-corrected chi connectivity index (χ1v) is 7.08. The molecule has 1 unspecified atom stereocenters. The second-order valence-corrected chi connectivity index (χ2v) is 4.94. The van der Waals surface area contributed by atoms with Gasteiger partial charge in [0.15, 0.2) is 0 Å². The van der Waals surface area contributed by atoms with Crippen molar-refractivity contribution in [1.82, 2.24) is 15.1 Å². The Balaban J connectivity index is 2.17. The Morgan fingerprint density at radius 2 is 2.20 bits per heavy atom. The smallest absolute Gasteiger partial charge is 0.119 e. The first kappa shape index (κ1) is 14.6. The van der Waals surface area contributed by atoms with Crippen LogP contribution in [0.2, 0.25) is 0 Å². The Kier molecular flexibility index (Phi) is 5.18. The number of hydrogen-bond donors (Lipinski definition) is 1. The van der Waals surface area contributed by atoms with E-state index in [1.54, 1.807) is 7.11 Å². The molecule has 2 rings (SSSR count). The molecule has 4 nitrogen and oxygen atoms in total. The Morgan fingerprint density at radius 3 is 2.85 bits per heavy atom. The van der Waals surface area contributed by atoms with Crippen molar-refractivity contribution >= 4 is 0 Å². The number of aromatic nitrogens is 2. The highest BCUT2D eigenvalue weighted by Gasteiger charge is 2.15. The van der Waals surface area contributed by atoms with Gasteiger partial charge in [0, 0.05) is 13.2 Å². The van der Waals surface area contributed by atoms with Gasteiger partial charge in [-0.15, -0.1) is 0 Å². The maximum atomic E-state index is 5.29. The third-order valence-electron chi connectivity index (χ3n) is 3.43. The highest BCUT2D eigenvalue weighted by molar-refractivity contribution is 5.29. The third-order valence-corrected chi connectivity index (χ3v) is 3.43. The van der Waals surface area contributed by atoms with Crippen LogP contribution in [0.25, 0.3) is 0 Å². The van der Waals surface area contributed by atoms with Gasteiger partial charge in [0.25, 0.3) is 0 Å². The molecule has 108 valence electrons. The van der Waals surface area contributed by atoms with E-state index in [1.807, 2.05) is 30.1 Å². The van der Waals surface area contributed by atoms with E-state index in [1.165, 1.54) is 11.3 Å². The molecule has 0 spiro atoms. The number of ether oxygens (including phenoxy) is 1. The first-order valence-electron chi connectivity index (χ1n) is 7.08. The molecule has 0 aliphatic heterocycles. The number of nitrogens with one attached hydrogen (secondary N) is 1. The highest BCUT2D eigenvalue weighted by atomic mass is 16.5. The van der Waals surface area contributed by atoms with Gasteiger partial charge >= 0.3 is 0 Å². The number of methoxy groups -OCH3 is 1. The number of rotatable bonds is 7. The van der Waals surface area contributed by atoms with Crippen LogP contribution in [0.4, 0.5) is 0 Å². The number of nitrogens with zero attached hydrogens (tertiary/aromatic N) is 2. The van der Waals surface area contributed by atoms with Crippen LogP contribution in [0.1, 0.15) is 30.6 Å². The summed E-state index contributed by atoms with van der Waals surface area (Å²) in [5.41, 5.74) is 2.47. The molecule has 0 aliphatic carbocycles. The lowest BCUT2D eigenvalue weighted by Gasteiger charge is -2.19. The molecule has 0 saturated carbocycles. The minimum absolute atomic E-state index is 0.273. The Hall–Kier alpha value is -1.81. The van der Waals surface area contributed by atoms with E-state index < -0.39 is 0 Å². The molecule has 1 N–H and O–H groups in total. The summed E-state index contributed by atoms with van der Waals surface area (Å²) in [6.07, 6.45) is 3.89. The van der Waals surface area contributed by atoms with Gasteiger partial charge in [-0.25, -0.2) is 0 Å². The molecule has 0 radical (unpaired) electrons. The van der Waals surface area contributed by atoms with E-state index in [4.69, 9.17) is 4.74 Å². The topological polar surface area (TPSA) is 39.1 Å². The second kappa shape index (κ2) is 7.10. The van der Waals surface area contributed by atoms with Gasteiger partial charge < -0.3 is 10.1 Å². The predicted octanol–water partition coefficient (Wildman–Crippen LogP) is 2.71. The van der Waals surface area contributed by atoms with Crippen LogP contribution in [-0.2, 0) is 13.5 Å². The van der Waals surface area contributed by atoms with E-state index in [0.29, 0.717) is 0 Å². The Labute approximate surface area is 120 Å². The fourth-order valence-electron chi connectivity index (χ4n) is 2.36. The molecule has 0 bridgehead atoms. The molecule has 0 fully saturated rings. The zero-order valence-corrected chi connectivity index (χ0v) is 12.5. The quantitative estimate of drug-likeness (QED) is 0.843. The van der Waals surface area contributed by atoms with Crippen LogP contribution in [-0.4, -0.2) is 23.4 Å². The van der Waals surface area contributed by atoms with E-state index in [0.717, 1.165) is 25.1 Å². The van der Waals surface area contributed by atoms with E-state index >= 15 is 0 Å². The third kappa shape index (κ3) is 3.61. The molecular formula is C16H23N3O. The van der Waals surface area contributed by atoms with Gasteiger partial charge in [-0.05, 0) is 43.1 Å². The molecule has 20 heavy (non-hydrogen) atoms. The molecule has 0 saturated heterocycles. The Bertz CT molecular complexity index is 536. The van der Waals surface area contributed by atoms with E-state index in [-0.39, 0.29) is 6.04 Å². The lowest BCUT2D eigenvalue weighted by atomic mass is 10.0. The molecule has 1 atom stereocenters. The average molecular weight is 273 g/mol. The first-order chi connectivity index (χ1) is 9.74. The van der Waals surface area contributed by atoms with Crippen LogP contribution in [0.3, 0.4) is 0 Å². The molecule has 0 aliphatic rings. The van der Waals surface area contributed by atoms with Crippen molar-refractivity contribution in [2.75, 3.05) is 13.7 Å². The normalized spacial score (nSPS) is 12.3. The summed E-state index contributed by atoms with van der Waals surface area (Å²) < 4.78 is 7.23. The van der Waals surface area contributed by atoms with E-state index in [9.17, 15) is 0 Å². The summed E-state index contributed by atoms with van der Waals surface area (Å²) in [6.45, 7) is 3.18. The van der Waals surface area contributed by atoms with Crippen molar-refractivity contribution < 1.29 is 4.74 Å². The molecule has 1 aromatic carbocycles. The van der Waals surface area contributed by atoms with Crippen molar-refractivity contribution in [3.8, 4) is 5.75 Å². The van der Waals surface area contributed by atoms with Crippen molar-refractivity contribution in [3.63, 3.8) is 0 Å². The SMILES string of the molecule is CCCNC(Cc1cccc(OC)c1)c1ccnn1C. The molecule has 1 heterocycles. The largest absolute Gasteiger partial charge is 0.497 e. The standard InChI is InChI=1S/C16H23N3O/c1-4-9-17-15(16-8-10-18-19(16)2)12-13-6-5-7-14(11-13)20-3/h5-8,10-11,15,17H,4,9,12H2,1-3H3. The van der Waals surface area contributed by atoms with Crippen LogP contribution >= 0.6 is 0 Å². The summed E-state index contributed by atoms with van der Waals surface area (Å²) in [5.74, 6) is 0.904. The molecule has 2 aromatic rings.